The summed E-state index contributed by atoms with van der Waals surface area (Å²) in [6.07, 6.45) is 2.96. The van der Waals surface area contributed by atoms with E-state index in [1.165, 1.54) is 6.07 Å². The quantitative estimate of drug-likeness (QED) is 0.775. The standard InChI is InChI=1S/C20H22FN5O3/c21-15-4-2-1-3-14(15)20-25-24-17(29-20)8-13-9-22-19(28)16-7-12(10-26(13)16)23-18(27)11-5-6-11/h1-4,11-13,16H,5-10H2,(H,22,28)(H,23,27)/t12-,13+,16-/m0/s1. The number of hydrogen-bond acceptors (Lipinski definition) is 6. The lowest BCUT2D eigenvalue weighted by Gasteiger charge is -2.36. The van der Waals surface area contributed by atoms with E-state index in [-0.39, 0.29) is 47.3 Å². The third-order valence-electron chi connectivity index (χ3n) is 5.90. The molecule has 9 heteroatoms. The zero-order valence-electron chi connectivity index (χ0n) is 15.8. The zero-order valence-corrected chi connectivity index (χ0v) is 15.8. The summed E-state index contributed by atoms with van der Waals surface area (Å²) in [5, 5.41) is 14.1. The molecule has 3 aliphatic rings. The van der Waals surface area contributed by atoms with Gasteiger partial charge in [0.2, 0.25) is 17.7 Å². The van der Waals surface area contributed by atoms with E-state index >= 15 is 0 Å². The van der Waals surface area contributed by atoms with Gasteiger partial charge >= 0.3 is 0 Å². The predicted molar refractivity (Wildman–Crippen MR) is 100.0 cm³/mol. The normalized spacial score (nSPS) is 26.8. The SMILES string of the molecule is O=C(N[C@H]1C[C@H]2C(=O)NC[C@@H](Cc3nnc(-c4ccccc4F)o3)N2C1)C1CC1. The van der Waals surface area contributed by atoms with Crippen molar-refractivity contribution in [3.8, 4) is 11.5 Å². The lowest BCUT2D eigenvalue weighted by Crippen LogP contribution is -2.58. The predicted octanol–water partition coefficient (Wildman–Crippen LogP) is 0.886. The number of nitrogens with zero attached hydrogens (tertiary/aromatic N) is 3. The lowest BCUT2D eigenvalue weighted by atomic mass is 10.1. The average molecular weight is 399 g/mol. The van der Waals surface area contributed by atoms with E-state index in [2.05, 4.69) is 25.7 Å². The summed E-state index contributed by atoms with van der Waals surface area (Å²) >= 11 is 0. The molecule has 0 bridgehead atoms. The van der Waals surface area contributed by atoms with Crippen LogP contribution in [0, 0.1) is 11.7 Å². The van der Waals surface area contributed by atoms with E-state index in [1.54, 1.807) is 18.2 Å². The van der Waals surface area contributed by atoms with Gasteiger partial charge in [-0.25, -0.2) is 4.39 Å². The maximum absolute atomic E-state index is 14.0. The molecule has 1 aromatic heterocycles. The summed E-state index contributed by atoms with van der Waals surface area (Å²) < 4.78 is 19.6. The summed E-state index contributed by atoms with van der Waals surface area (Å²) in [6, 6.07) is 5.94. The molecule has 8 nitrogen and oxygen atoms in total. The van der Waals surface area contributed by atoms with Gasteiger partial charge in [0.25, 0.3) is 5.89 Å². The molecule has 3 heterocycles. The van der Waals surface area contributed by atoms with Crippen LogP contribution in [-0.4, -0.2) is 58.1 Å². The van der Waals surface area contributed by atoms with Gasteiger partial charge < -0.3 is 15.1 Å². The van der Waals surface area contributed by atoms with Crippen molar-refractivity contribution in [2.75, 3.05) is 13.1 Å². The summed E-state index contributed by atoms with van der Waals surface area (Å²) in [5.41, 5.74) is 0.269. The number of aromatic nitrogens is 2. The smallest absolute Gasteiger partial charge is 0.250 e. The van der Waals surface area contributed by atoms with Crippen LogP contribution in [0.2, 0.25) is 0 Å². The number of halogens is 1. The molecule has 1 saturated carbocycles. The molecule has 2 saturated heterocycles. The van der Waals surface area contributed by atoms with Crippen LogP contribution >= 0.6 is 0 Å². The fraction of sp³-hybridized carbons (Fsp3) is 0.500. The van der Waals surface area contributed by atoms with E-state index in [0.717, 1.165) is 12.8 Å². The minimum absolute atomic E-state index is 0.0120. The summed E-state index contributed by atoms with van der Waals surface area (Å²) in [5.74, 6) is 0.355. The van der Waals surface area contributed by atoms with Gasteiger partial charge in [0.1, 0.15) is 5.82 Å². The highest BCUT2D eigenvalue weighted by molar-refractivity contribution is 5.84. The Kier molecular flexibility index (Phi) is 4.54. The van der Waals surface area contributed by atoms with Crippen LogP contribution in [-0.2, 0) is 16.0 Å². The Labute approximate surface area is 166 Å². The number of piperazine rings is 1. The largest absolute Gasteiger partial charge is 0.421 e. The zero-order chi connectivity index (χ0) is 20.0. The van der Waals surface area contributed by atoms with Gasteiger partial charge in [0, 0.05) is 37.5 Å². The molecule has 3 atom stereocenters. The van der Waals surface area contributed by atoms with Gasteiger partial charge in [-0.2, -0.15) is 0 Å². The average Bonchev–Trinajstić information content (AvgIpc) is 3.32. The third kappa shape index (κ3) is 3.62. The summed E-state index contributed by atoms with van der Waals surface area (Å²) in [4.78, 5) is 26.5. The van der Waals surface area contributed by atoms with Crippen LogP contribution in [0.4, 0.5) is 4.39 Å². The topological polar surface area (TPSA) is 100 Å². The maximum Gasteiger partial charge on any atom is 0.250 e. The van der Waals surface area contributed by atoms with Crippen molar-refractivity contribution < 1.29 is 18.4 Å². The molecule has 5 rings (SSSR count). The Morgan fingerprint density at radius 1 is 1.31 bits per heavy atom. The number of nitrogens with one attached hydrogen (secondary N) is 2. The van der Waals surface area contributed by atoms with Crippen LogP contribution in [0.15, 0.2) is 28.7 Å². The molecule has 2 aromatic rings. The van der Waals surface area contributed by atoms with Gasteiger partial charge in [-0.3, -0.25) is 14.5 Å². The molecule has 29 heavy (non-hydrogen) atoms. The number of benzene rings is 1. The second kappa shape index (κ2) is 7.22. The maximum atomic E-state index is 14.0. The van der Waals surface area contributed by atoms with Crippen LogP contribution < -0.4 is 10.6 Å². The van der Waals surface area contributed by atoms with Gasteiger partial charge in [0.15, 0.2) is 0 Å². The minimum Gasteiger partial charge on any atom is -0.421 e. The fourth-order valence-corrected chi connectivity index (χ4v) is 4.22. The first kappa shape index (κ1) is 18.2. The first-order valence-electron chi connectivity index (χ1n) is 9.99. The Hall–Kier alpha value is -2.81. The number of amides is 2. The van der Waals surface area contributed by atoms with Crippen LogP contribution in [0.1, 0.15) is 25.2 Å². The fourth-order valence-electron chi connectivity index (χ4n) is 4.22. The number of carbonyl (C=O) groups is 2. The number of rotatable bonds is 5. The van der Waals surface area contributed by atoms with Crippen LogP contribution in [0.5, 0.6) is 0 Å². The molecule has 0 unspecified atom stereocenters. The van der Waals surface area contributed by atoms with Crippen molar-refractivity contribution in [2.45, 2.75) is 43.8 Å². The van der Waals surface area contributed by atoms with Crippen molar-refractivity contribution in [3.63, 3.8) is 0 Å². The molecule has 0 radical (unpaired) electrons. The van der Waals surface area contributed by atoms with E-state index in [0.29, 0.717) is 31.8 Å². The molecule has 0 spiro atoms. The van der Waals surface area contributed by atoms with Crippen molar-refractivity contribution >= 4 is 11.8 Å². The van der Waals surface area contributed by atoms with E-state index in [9.17, 15) is 14.0 Å². The summed E-state index contributed by atoms with van der Waals surface area (Å²) in [6.45, 7) is 1.09. The highest BCUT2D eigenvalue weighted by atomic mass is 19.1. The number of carbonyl (C=O) groups excluding carboxylic acids is 2. The lowest BCUT2D eigenvalue weighted by molar-refractivity contribution is -0.129. The van der Waals surface area contributed by atoms with Crippen LogP contribution in [0.3, 0.4) is 0 Å². The van der Waals surface area contributed by atoms with Gasteiger partial charge in [-0.15, -0.1) is 10.2 Å². The number of hydrogen-bond donors (Lipinski definition) is 2. The molecule has 152 valence electrons. The molecule has 2 amide bonds. The molecule has 2 N–H and O–H groups in total. The number of fused-ring (bicyclic) bond motifs is 1. The monoisotopic (exact) mass is 399 g/mol. The highest BCUT2D eigenvalue weighted by Crippen LogP contribution is 2.31. The van der Waals surface area contributed by atoms with Gasteiger partial charge in [0.05, 0.1) is 11.6 Å². The van der Waals surface area contributed by atoms with E-state index in [4.69, 9.17) is 4.42 Å². The summed E-state index contributed by atoms with van der Waals surface area (Å²) in [7, 11) is 0. The molecule has 1 aromatic carbocycles. The Morgan fingerprint density at radius 2 is 2.14 bits per heavy atom. The minimum atomic E-state index is -0.415. The second-order valence-electron chi connectivity index (χ2n) is 8.01. The Bertz CT molecular complexity index is 944. The van der Waals surface area contributed by atoms with Crippen molar-refractivity contribution in [1.82, 2.24) is 25.7 Å². The molecule has 2 aliphatic heterocycles. The Morgan fingerprint density at radius 3 is 2.93 bits per heavy atom. The first-order chi connectivity index (χ1) is 14.1. The van der Waals surface area contributed by atoms with Crippen LogP contribution in [0.25, 0.3) is 11.5 Å². The first-order valence-corrected chi connectivity index (χ1v) is 9.99. The van der Waals surface area contributed by atoms with Crippen molar-refractivity contribution in [2.24, 2.45) is 5.92 Å². The van der Waals surface area contributed by atoms with Crippen molar-refractivity contribution in [1.29, 1.82) is 0 Å². The molecule has 1 aliphatic carbocycles. The molecular weight excluding hydrogens is 377 g/mol. The van der Waals surface area contributed by atoms with Crippen molar-refractivity contribution in [3.05, 3.63) is 36.0 Å². The second-order valence-corrected chi connectivity index (χ2v) is 8.01. The Balaban J connectivity index is 1.28. The van der Waals surface area contributed by atoms with E-state index in [1.807, 2.05) is 0 Å². The highest BCUT2D eigenvalue weighted by Gasteiger charge is 2.45. The molecular formula is C20H22FN5O3. The van der Waals surface area contributed by atoms with E-state index < -0.39 is 5.82 Å². The van der Waals surface area contributed by atoms with Gasteiger partial charge in [-0.1, -0.05) is 12.1 Å². The molecule has 3 fully saturated rings. The third-order valence-corrected chi connectivity index (χ3v) is 5.90. The van der Waals surface area contributed by atoms with Gasteiger partial charge in [-0.05, 0) is 31.4 Å².